The Morgan fingerprint density at radius 1 is 1.25 bits per heavy atom. The van der Waals surface area contributed by atoms with Gasteiger partial charge in [0.25, 0.3) is 0 Å². The number of ether oxygens (including phenoxy) is 1. The Bertz CT molecular complexity index is 634. The van der Waals surface area contributed by atoms with Crippen molar-refractivity contribution < 1.29 is 9.31 Å². The van der Waals surface area contributed by atoms with Gasteiger partial charge in [-0.05, 0) is 29.8 Å². The highest BCUT2D eigenvalue weighted by Crippen LogP contribution is 2.34. The minimum atomic E-state index is 0.0939. The molecule has 1 aromatic rings. The van der Waals surface area contributed by atoms with Crippen molar-refractivity contribution in [3.8, 4) is 5.75 Å². The molecule has 0 bridgehead atoms. The first-order valence-corrected chi connectivity index (χ1v) is 6.94. The number of fused-ring (bicyclic) bond motifs is 2. The van der Waals surface area contributed by atoms with Gasteiger partial charge in [-0.15, -0.1) is 0 Å². The van der Waals surface area contributed by atoms with E-state index < -0.39 is 0 Å². The number of nitrogens with zero attached hydrogens (tertiary/aromatic N) is 2. The van der Waals surface area contributed by atoms with Crippen molar-refractivity contribution in [2.45, 2.75) is 12.5 Å². The Labute approximate surface area is 120 Å². The molecule has 1 atom stereocenters. The van der Waals surface area contributed by atoms with Crippen LogP contribution in [0.3, 0.4) is 0 Å². The molecule has 3 heteroatoms. The fraction of sp³-hybridized carbons (Fsp3) is 0.353. The van der Waals surface area contributed by atoms with Gasteiger partial charge in [0.15, 0.2) is 5.71 Å². The van der Waals surface area contributed by atoms with Gasteiger partial charge in [-0.2, -0.15) is 0 Å². The quantitative estimate of drug-likeness (QED) is 0.727. The molecule has 1 aliphatic carbocycles. The Balaban J connectivity index is 1.98. The van der Waals surface area contributed by atoms with Crippen LogP contribution >= 0.6 is 0 Å². The monoisotopic (exact) mass is 269 g/mol. The lowest BCUT2D eigenvalue weighted by Gasteiger charge is -2.29. The summed E-state index contributed by atoms with van der Waals surface area (Å²) in [6.07, 6.45) is 7.58. The predicted octanol–water partition coefficient (Wildman–Crippen LogP) is 2.27. The van der Waals surface area contributed by atoms with Gasteiger partial charge in [0.05, 0.1) is 0 Å². The maximum atomic E-state index is 6.09. The highest BCUT2D eigenvalue weighted by Gasteiger charge is 2.26. The molecule has 0 amide bonds. The van der Waals surface area contributed by atoms with Crippen LogP contribution in [0.1, 0.15) is 5.56 Å². The second-order valence-electron chi connectivity index (χ2n) is 5.80. The molecule has 104 valence electrons. The van der Waals surface area contributed by atoms with Crippen molar-refractivity contribution >= 4 is 11.4 Å². The molecule has 0 N–H and O–H groups in total. The summed E-state index contributed by atoms with van der Waals surface area (Å²) in [6.45, 7) is 0. The zero-order valence-electron chi connectivity index (χ0n) is 12.6. The number of hydrogen-bond acceptors (Lipinski definition) is 2. The van der Waals surface area contributed by atoms with Crippen molar-refractivity contribution in [2.75, 3.05) is 33.1 Å². The molecule has 0 saturated heterocycles. The molecule has 1 aliphatic heterocycles. The SMILES string of the molecule is CN(C)c1ccc2c(c1)CC1=CC(=[N+](C)C)C=CC1O2. The normalized spacial score (nSPS) is 19.7. The van der Waals surface area contributed by atoms with Crippen molar-refractivity contribution in [2.24, 2.45) is 0 Å². The van der Waals surface area contributed by atoms with Crippen LogP contribution in [0.4, 0.5) is 5.69 Å². The lowest BCUT2D eigenvalue weighted by Crippen LogP contribution is -2.28. The maximum Gasteiger partial charge on any atom is 0.199 e. The molecule has 0 saturated carbocycles. The fourth-order valence-corrected chi connectivity index (χ4v) is 2.63. The number of rotatable bonds is 1. The van der Waals surface area contributed by atoms with Gasteiger partial charge in [0, 0.05) is 43.9 Å². The lowest BCUT2D eigenvalue weighted by atomic mass is 9.91. The van der Waals surface area contributed by atoms with E-state index in [1.807, 2.05) is 0 Å². The van der Waals surface area contributed by atoms with Crippen molar-refractivity contribution in [1.29, 1.82) is 0 Å². The highest BCUT2D eigenvalue weighted by atomic mass is 16.5. The summed E-state index contributed by atoms with van der Waals surface area (Å²) in [5, 5.41) is 0. The van der Waals surface area contributed by atoms with Gasteiger partial charge in [-0.3, -0.25) is 0 Å². The second-order valence-corrected chi connectivity index (χ2v) is 5.80. The van der Waals surface area contributed by atoms with Crippen LogP contribution in [-0.4, -0.2) is 44.6 Å². The predicted molar refractivity (Wildman–Crippen MR) is 83.2 cm³/mol. The molecule has 2 aliphatic rings. The van der Waals surface area contributed by atoms with Gasteiger partial charge >= 0.3 is 0 Å². The molecule has 3 rings (SSSR count). The lowest BCUT2D eigenvalue weighted by molar-refractivity contribution is -0.462. The van der Waals surface area contributed by atoms with Crippen molar-refractivity contribution in [1.82, 2.24) is 0 Å². The third kappa shape index (κ3) is 2.24. The fourth-order valence-electron chi connectivity index (χ4n) is 2.63. The first-order valence-electron chi connectivity index (χ1n) is 6.94. The summed E-state index contributed by atoms with van der Waals surface area (Å²) >= 11 is 0. The van der Waals surface area contributed by atoms with E-state index in [9.17, 15) is 0 Å². The van der Waals surface area contributed by atoms with Crippen molar-refractivity contribution in [3.05, 3.63) is 47.6 Å². The van der Waals surface area contributed by atoms with Gasteiger partial charge in [0.2, 0.25) is 0 Å². The summed E-state index contributed by atoms with van der Waals surface area (Å²) in [6, 6.07) is 6.41. The van der Waals surface area contributed by atoms with E-state index in [4.69, 9.17) is 4.74 Å². The second kappa shape index (κ2) is 4.82. The zero-order chi connectivity index (χ0) is 14.3. The minimum absolute atomic E-state index is 0.0939. The maximum absolute atomic E-state index is 6.09. The molecule has 0 radical (unpaired) electrons. The summed E-state index contributed by atoms with van der Waals surface area (Å²) in [5.74, 6) is 1.01. The van der Waals surface area contributed by atoms with E-state index in [1.54, 1.807) is 0 Å². The van der Waals surface area contributed by atoms with E-state index in [2.05, 4.69) is 74.1 Å². The number of benzene rings is 1. The zero-order valence-corrected chi connectivity index (χ0v) is 12.6. The van der Waals surface area contributed by atoms with Crippen LogP contribution in [0.25, 0.3) is 0 Å². The average molecular weight is 269 g/mol. The Hall–Kier alpha value is -2.03. The van der Waals surface area contributed by atoms with E-state index in [0.717, 1.165) is 12.2 Å². The molecular formula is C17H21N2O+. The van der Waals surface area contributed by atoms with E-state index in [1.165, 1.54) is 22.5 Å². The molecule has 0 fully saturated rings. The first kappa shape index (κ1) is 13.0. The molecule has 20 heavy (non-hydrogen) atoms. The third-order valence-electron chi connectivity index (χ3n) is 3.87. The van der Waals surface area contributed by atoms with Crippen molar-refractivity contribution in [3.63, 3.8) is 0 Å². The molecule has 3 nitrogen and oxygen atoms in total. The van der Waals surface area contributed by atoms with E-state index >= 15 is 0 Å². The molecular weight excluding hydrogens is 248 g/mol. The summed E-state index contributed by atoms with van der Waals surface area (Å²) < 4.78 is 8.22. The Kier molecular flexibility index (Phi) is 3.13. The topological polar surface area (TPSA) is 15.5 Å². The Morgan fingerprint density at radius 3 is 2.75 bits per heavy atom. The summed E-state index contributed by atoms with van der Waals surface area (Å²) in [5.41, 5.74) is 5.05. The van der Waals surface area contributed by atoms with Crippen LogP contribution in [-0.2, 0) is 6.42 Å². The minimum Gasteiger partial charge on any atom is -0.482 e. The molecule has 1 heterocycles. The Morgan fingerprint density at radius 2 is 2.05 bits per heavy atom. The largest absolute Gasteiger partial charge is 0.482 e. The first-order chi connectivity index (χ1) is 9.54. The molecule has 1 aromatic carbocycles. The van der Waals surface area contributed by atoms with Gasteiger partial charge in [0.1, 0.15) is 25.9 Å². The molecule has 0 aromatic heterocycles. The van der Waals surface area contributed by atoms with E-state index in [-0.39, 0.29) is 6.10 Å². The molecule has 0 spiro atoms. The van der Waals surface area contributed by atoms with Crippen LogP contribution in [0.15, 0.2) is 42.0 Å². The highest BCUT2D eigenvalue weighted by molar-refractivity contribution is 6.02. The summed E-state index contributed by atoms with van der Waals surface area (Å²) in [4.78, 5) is 2.12. The number of anilines is 1. The number of allylic oxidation sites excluding steroid dienone is 2. The van der Waals surface area contributed by atoms with Gasteiger partial charge < -0.3 is 9.64 Å². The summed E-state index contributed by atoms with van der Waals surface area (Å²) in [7, 11) is 8.27. The average Bonchev–Trinajstić information content (AvgIpc) is 2.43. The van der Waals surface area contributed by atoms with Crippen LogP contribution in [0.5, 0.6) is 5.75 Å². The van der Waals surface area contributed by atoms with Gasteiger partial charge in [-0.1, -0.05) is 0 Å². The van der Waals surface area contributed by atoms with Crippen LogP contribution in [0, 0.1) is 0 Å². The van der Waals surface area contributed by atoms with Crippen LogP contribution in [0.2, 0.25) is 0 Å². The number of hydrogen-bond donors (Lipinski definition) is 0. The third-order valence-corrected chi connectivity index (χ3v) is 3.87. The van der Waals surface area contributed by atoms with Crippen LogP contribution < -0.4 is 9.64 Å². The smallest absolute Gasteiger partial charge is 0.199 e. The standard InChI is InChI=1S/C17H21N2O/c1-18(2)14-5-7-16-12(10-14)9-13-11-15(19(3)4)6-8-17(13)20-16/h5-8,10-11,16H,9H2,1-4H3/q+1. The van der Waals surface area contributed by atoms with E-state index in [0.29, 0.717) is 0 Å². The van der Waals surface area contributed by atoms with Gasteiger partial charge in [-0.25, -0.2) is 4.58 Å². The molecule has 1 unspecified atom stereocenters.